The second-order valence-corrected chi connectivity index (χ2v) is 5.75. The summed E-state index contributed by atoms with van der Waals surface area (Å²) < 4.78 is 26.1. The fourth-order valence-electron chi connectivity index (χ4n) is 2.99. The van der Waals surface area contributed by atoms with Gasteiger partial charge in [-0.2, -0.15) is 8.78 Å². The van der Waals surface area contributed by atoms with E-state index >= 15 is 0 Å². The maximum Gasteiger partial charge on any atom is 0.319 e. The van der Waals surface area contributed by atoms with Crippen LogP contribution in [-0.4, -0.2) is 22.0 Å². The molecule has 3 N–H and O–H groups in total. The lowest BCUT2D eigenvalue weighted by molar-refractivity contribution is -0.124. The van der Waals surface area contributed by atoms with Crippen LogP contribution in [0.3, 0.4) is 0 Å². The number of imidazole rings is 1. The number of nitrogens with two attached hydrogens (primary N) is 1. The predicted molar refractivity (Wildman–Crippen MR) is 74.5 cm³/mol. The van der Waals surface area contributed by atoms with Crippen LogP contribution in [0.25, 0.3) is 0 Å². The molecule has 1 saturated carbocycles. The molecule has 0 aromatic carbocycles. The van der Waals surface area contributed by atoms with E-state index in [1.165, 1.54) is 18.8 Å². The van der Waals surface area contributed by atoms with E-state index in [2.05, 4.69) is 10.3 Å². The van der Waals surface area contributed by atoms with E-state index in [0.29, 0.717) is 13.0 Å². The Morgan fingerprint density at radius 2 is 2.14 bits per heavy atom. The van der Waals surface area contributed by atoms with Gasteiger partial charge in [-0.05, 0) is 24.8 Å². The topological polar surface area (TPSA) is 72.9 Å². The molecule has 1 amide bonds. The van der Waals surface area contributed by atoms with Crippen molar-refractivity contribution >= 4 is 5.91 Å². The van der Waals surface area contributed by atoms with E-state index in [-0.39, 0.29) is 23.7 Å². The molecule has 0 unspecified atom stereocenters. The first-order chi connectivity index (χ1) is 10.1. The van der Waals surface area contributed by atoms with E-state index < -0.39 is 6.55 Å². The lowest BCUT2D eigenvalue weighted by Crippen LogP contribution is -2.38. The van der Waals surface area contributed by atoms with Gasteiger partial charge in [-0.15, -0.1) is 0 Å². The third-order valence-electron chi connectivity index (χ3n) is 4.29. The number of rotatable bonds is 6. The highest BCUT2D eigenvalue weighted by Gasteiger charge is 2.32. The summed E-state index contributed by atoms with van der Waals surface area (Å²) in [5, 5.41) is 2.68. The number of halogens is 2. The van der Waals surface area contributed by atoms with E-state index in [1.807, 2.05) is 0 Å². The van der Waals surface area contributed by atoms with Gasteiger partial charge in [0.15, 0.2) is 0 Å². The van der Waals surface area contributed by atoms with Crippen molar-refractivity contribution in [3.63, 3.8) is 0 Å². The third kappa shape index (κ3) is 4.00. The smallest absolute Gasteiger partial charge is 0.319 e. The van der Waals surface area contributed by atoms with E-state index in [9.17, 15) is 13.6 Å². The number of carbonyl (C=O) groups excluding carboxylic acids is 1. The summed E-state index contributed by atoms with van der Waals surface area (Å²) in [6.07, 6.45) is 8.17. The van der Waals surface area contributed by atoms with Crippen LogP contribution in [0.4, 0.5) is 8.78 Å². The lowest BCUT2D eigenvalue weighted by Gasteiger charge is -2.35. The highest BCUT2D eigenvalue weighted by atomic mass is 19.3. The Bertz CT molecular complexity index is 469. The molecule has 1 aromatic heterocycles. The van der Waals surface area contributed by atoms with Gasteiger partial charge in [-0.25, -0.2) is 4.98 Å². The molecule has 0 spiro atoms. The second kappa shape index (κ2) is 6.98. The number of aromatic nitrogens is 2. The first-order valence-electron chi connectivity index (χ1n) is 7.33. The van der Waals surface area contributed by atoms with E-state index in [1.54, 1.807) is 0 Å². The summed E-state index contributed by atoms with van der Waals surface area (Å²) in [4.78, 5) is 15.9. The zero-order valence-electron chi connectivity index (χ0n) is 12.0. The van der Waals surface area contributed by atoms with Gasteiger partial charge >= 0.3 is 6.55 Å². The van der Waals surface area contributed by atoms with Crippen molar-refractivity contribution in [3.8, 4) is 0 Å². The van der Waals surface area contributed by atoms with Crippen molar-refractivity contribution in [2.45, 2.75) is 51.6 Å². The lowest BCUT2D eigenvalue weighted by atomic mass is 9.71. The van der Waals surface area contributed by atoms with Crippen molar-refractivity contribution in [3.05, 3.63) is 18.2 Å². The van der Waals surface area contributed by atoms with Gasteiger partial charge < -0.3 is 11.1 Å². The van der Waals surface area contributed by atoms with Crippen molar-refractivity contribution in [1.82, 2.24) is 14.9 Å². The van der Waals surface area contributed by atoms with E-state index in [0.717, 1.165) is 30.3 Å². The Hall–Kier alpha value is -1.50. The van der Waals surface area contributed by atoms with Crippen LogP contribution in [0.5, 0.6) is 0 Å². The Morgan fingerprint density at radius 3 is 2.76 bits per heavy atom. The van der Waals surface area contributed by atoms with Gasteiger partial charge in [-0.3, -0.25) is 9.36 Å². The van der Waals surface area contributed by atoms with Crippen LogP contribution in [0.1, 0.15) is 50.9 Å². The summed E-state index contributed by atoms with van der Waals surface area (Å²) in [5.74, 6) is 0.00922. The van der Waals surface area contributed by atoms with Crippen LogP contribution >= 0.6 is 0 Å². The van der Waals surface area contributed by atoms with Gasteiger partial charge in [0.05, 0.1) is 6.54 Å². The van der Waals surface area contributed by atoms with Crippen molar-refractivity contribution in [2.75, 3.05) is 6.54 Å². The maximum atomic E-state index is 12.7. The maximum absolute atomic E-state index is 12.7. The molecule has 0 bridgehead atoms. The monoisotopic (exact) mass is 300 g/mol. The molecule has 5 nitrogen and oxygen atoms in total. The highest BCUT2D eigenvalue weighted by molar-refractivity contribution is 5.76. The molecule has 0 saturated heterocycles. The molecule has 7 heteroatoms. The molecule has 0 aliphatic heterocycles. The normalized spacial score (nSPS) is 17.9. The van der Waals surface area contributed by atoms with Gasteiger partial charge in [0.25, 0.3) is 0 Å². The number of alkyl halides is 2. The summed E-state index contributed by atoms with van der Waals surface area (Å²) in [6.45, 7) is -2.14. The van der Waals surface area contributed by atoms with Gasteiger partial charge in [0.2, 0.25) is 5.91 Å². The summed E-state index contributed by atoms with van der Waals surface area (Å²) >= 11 is 0. The molecule has 1 heterocycles. The molecule has 0 atom stereocenters. The summed E-state index contributed by atoms with van der Waals surface area (Å²) in [7, 11) is 0. The fourth-order valence-corrected chi connectivity index (χ4v) is 2.99. The first-order valence-corrected chi connectivity index (χ1v) is 7.33. The summed E-state index contributed by atoms with van der Waals surface area (Å²) in [5.41, 5.74) is 5.72. The van der Waals surface area contributed by atoms with Gasteiger partial charge in [-0.1, -0.05) is 19.3 Å². The minimum atomic E-state index is -2.65. The minimum absolute atomic E-state index is 0.0107. The average Bonchev–Trinajstić information content (AvgIpc) is 2.95. The zero-order chi connectivity index (χ0) is 15.3. The number of nitrogens with zero attached hydrogens (tertiary/aromatic N) is 2. The van der Waals surface area contributed by atoms with Crippen molar-refractivity contribution < 1.29 is 13.6 Å². The summed E-state index contributed by atoms with van der Waals surface area (Å²) in [6, 6.07) is 0. The Labute approximate surface area is 122 Å². The number of hydrogen-bond donors (Lipinski definition) is 2. The van der Waals surface area contributed by atoms with Crippen molar-refractivity contribution in [1.29, 1.82) is 0 Å². The van der Waals surface area contributed by atoms with Crippen LogP contribution in [0, 0.1) is 5.41 Å². The number of hydrogen-bond acceptors (Lipinski definition) is 3. The minimum Gasteiger partial charge on any atom is -0.349 e. The molecule has 0 radical (unpaired) electrons. The second-order valence-electron chi connectivity index (χ2n) is 5.75. The van der Waals surface area contributed by atoms with E-state index in [4.69, 9.17) is 5.73 Å². The highest BCUT2D eigenvalue weighted by Crippen LogP contribution is 2.38. The quantitative estimate of drug-likeness (QED) is 0.846. The molecule has 2 rings (SSSR count). The Morgan fingerprint density at radius 1 is 1.43 bits per heavy atom. The molecule has 118 valence electrons. The largest absolute Gasteiger partial charge is 0.349 e. The third-order valence-corrected chi connectivity index (χ3v) is 4.29. The van der Waals surface area contributed by atoms with Crippen LogP contribution in [0.2, 0.25) is 0 Å². The molecule has 1 aromatic rings. The molecular formula is C14H22F2N4O. The SMILES string of the molecule is NCC1(CC(=O)NCc2nccn2C(F)F)CCCCC1. The number of nitrogens with one attached hydrogen (secondary N) is 1. The molecule has 1 aliphatic rings. The van der Waals surface area contributed by atoms with Crippen LogP contribution in [-0.2, 0) is 11.3 Å². The predicted octanol–water partition coefficient (Wildman–Crippen LogP) is 2.19. The Balaban J connectivity index is 1.88. The fraction of sp³-hybridized carbons (Fsp3) is 0.714. The standard InChI is InChI=1S/C14H22F2N4O/c15-13(16)20-7-6-18-11(20)9-19-12(21)8-14(10-17)4-2-1-3-5-14/h6-7,13H,1-5,8-10,17H2,(H,19,21). The first kappa shape index (κ1) is 15.9. The number of amides is 1. The van der Waals surface area contributed by atoms with Crippen molar-refractivity contribution in [2.24, 2.45) is 11.1 Å². The number of carbonyl (C=O) groups is 1. The Kier molecular flexibility index (Phi) is 5.27. The van der Waals surface area contributed by atoms with Crippen LogP contribution < -0.4 is 11.1 Å². The van der Waals surface area contributed by atoms with Gasteiger partial charge in [0, 0.05) is 18.8 Å². The average molecular weight is 300 g/mol. The van der Waals surface area contributed by atoms with Crippen LogP contribution in [0.15, 0.2) is 12.4 Å². The zero-order valence-corrected chi connectivity index (χ0v) is 12.0. The molecular weight excluding hydrogens is 278 g/mol. The molecule has 1 fully saturated rings. The molecule has 21 heavy (non-hydrogen) atoms. The molecule has 1 aliphatic carbocycles. The van der Waals surface area contributed by atoms with Gasteiger partial charge in [0.1, 0.15) is 5.82 Å².